The largest absolute Gasteiger partial charge is 0.342 e. The van der Waals surface area contributed by atoms with E-state index in [1.165, 1.54) is 5.57 Å². The molecular weight excluding hydrogens is 326 g/mol. The van der Waals surface area contributed by atoms with Crippen molar-refractivity contribution in [3.8, 4) is 0 Å². The first-order chi connectivity index (χ1) is 12.6. The predicted octanol–water partition coefficient (Wildman–Crippen LogP) is 2.75. The summed E-state index contributed by atoms with van der Waals surface area (Å²) in [5.74, 6) is 1.74. The van der Waals surface area contributed by atoms with Crippen molar-refractivity contribution in [2.45, 2.75) is 32.6 Å². The smallest absolute Gasteiger partial charge is 0.253 e. The average molecular weight is 353 g/mol. The minimum absolute atomic E-state index is 0.0482. The van der Waals surface area contributed by atoms with E-state index in [0.29, 0.717) is 36.4 Å². The lowest BCUT2D eigenvalue weighted by molar-refractivity contribution is -0.136. The van der Waals surface area contributed by atoms with Gasteiger partial charge in [0, 0.05) is 50.1 Å². The second kappa shape index (κ2) is 7.22. The Balaban J connectivity index is 1.31. The van der Waals surface area contributed by atoms with Gasteiger partial charge in [-0.3, -0.25) is 14.6 Å². The first-order valence-electron chi connectivity index (χ1n) is 9.75. The Bertz CT molecular complexity index is 707. The van der Waals surface area contributed by atoms with Gasteiger partial charge in [-0.1, -0.05) is 11.6 Å². The Kier molecular flexibility index (Phi) is 4.79. The molecule has 0 unspecified atom stereocenters. The number of carbonyl (C=O) groups excluding carboxylic acids is 2. The van der Waals surface area contributed by atoms with Crippen molar-refractivity contribution in [1.29, 1.82) is 0 Å². The molecule has 0 bridgehead atoms. The molecule has 138 valence electrons. The minimum Gasteiger partial charge on any atom is -0.342 e. The van der Waals surface area contributed by atoms with Crippen molar-refractivity contribution < 1.29 is 9.59 Å². The molecule has 0 aromatic carbocycles. The second-order valence-corrected chi connectivity index (χ2v) is 8.06. The molecule has 2 atom stereocenters. The van der Waals surface area contributed by atoms with Gasteiger partial charge in [0.25, 0.3) is 5.91 Å². The van der Waals surface area contributed by atoms with Crippen molar-refractivity contribution in [2.24, 2.45) is 17.8 Å². The van der Waals surface area contributed by atoms with Gasteiger partial charge >= 0.3 is 0 Å². The van der Waals surface area contributed by atoms with Crippen molar-refractivity contribution in [3.63, 3.8) is 0 Å². The van der Waals surface area contributed by atoms with Crippen LogP contribution in [0.5, 0.6) is 0 Å². The molecule has 0 spiro atoms. The van der Waals surface area contributed by atoms with E-state index in [0.717, 1.165) is 38.8 Å². The van der Waals surface area contributed by atoms with Gasteiger partial charge in [0.05, 0.1) is 0 Å². The summed E-state index contributed by atoms with van der Waals surface area (Å²) in [6.45, 7) is 5.38. The molecule has 0 radical (unpaired) electrons. The highest BCUT2D eigenvalue weighted by atomic mass is 16.2. The van der Waals surface area contributed by atoms with Crippen LogP contribution >= 0.6 is 0 Å². The number of amides is 2. The van der Waals surface area contributed by atoms with E-state index in [1.807, 2.05) is 4.90 Å². The monoisotopic (exact) mass is 353 g/mol. The lowest BCUT2D eigenvalue weighted by Crippen LogP contribution is -2.44. The Morgan fingerprint density at radius 2 is 1.73 bits per heavy atom. The molecule has 3 heterocycles. The molecule has 0 N–H and O–H groups in total. The summed E-state index contributed by atoms with van der Waals surface area (Å²) in [4.78, 5) is 33.4. The van der Waals surface area contributed by atoms with Crippen LogP contribution < -0.4 is 0 Å². The highest BCUT2D eigenvalue weighted by Crippen LogP contribution is 2.36. The topological polar surface area (TPSA) is 53.5 Å². The van der Waals surface area contributed by atoms with Gasteiger partial charge in [-0.25, -0.2) is 0 Å². The maximum Gasteiger partial charge on any atom is 0.253 e. The molecule has 2 fully saturated rings. The molecule has 4 rings (SSSR count). The molecule has 2 amide bonds. The summed E-state index contributed by atoms with van der Waals surface area (Å²) in [7, 11) is 0. The van der Waals surface area contributed by atoms with Gasteiger partial charge in [-0.2, -0.15) is 0 Å². The Hall–Kier alpha value is -2.17. The number of hydrogen-bond acceptors (Lipinski definition) is 3. The number of hydrogen-bond donors (Lipinski definition) is 0. The lowest BCUT2D eigenvalue weighted by atomic mass is 9.83. The SMILES string of the molecule is CC1=CC[C@@H]2CN(C(=O)C3CCN(C(=O)c4ccncc4)CC3)C[C@@H]2C1. The van der Waals surface area contributed by atoms with E-state index in [1.54, 1.807) is 24.5 Å². The Morgan fingerprint density at radius 3 is 2.46 bits per heavy atom. The van der Waals surface area contributed by atoms with E-state index in [-0.39, 0.29) is 11.8 Å². The number of fused-ring (bicyclic) bond motifs is 1. The third-order valence-electron chi connectivity index (χ3n) is 6.30. The lowest BCUT2D eigenvalue weighted by Gasteiger charge is -2.33. The zero-order valence-corrected chi connectivity index (χ0v) is 15.4. The molecule has 2 saturated heterocycles. The number of nitrogens with zero attached hydrogens (tertiary/aromatic N) is 3. The van der Waals surface area contributed by atoms with E-state index in [4.69, 9.17) is 0 Å². The van der Waals surface area contributed by atoms with Crippen LogP contribution in [0.25, 0.3) is 0 Å². The number of allylic oxidation sites excluding steroid dienone is 2. The molecule has 3 aliphatic rings. The summed E-state index contributed by atoms with van der Waals surface area (Å²) in [5.41, 5.74) is 2.15. The molecule has 5 nitrogen and oxygen atoms in total. The highest BCUT2D eigenvalue weighted by molar-refractivity contribution is 5.94. The van der Waals surface area contributed by atoms with Crippen LogP contribution in [0.3, 0.4) is 0 Å². The fourth-order valence-corrected chi connectivity index (χ4v) is 4.73. The average Bonchev–Trinajstić information content (AvgIpc) is 3.11. The molecule has 0 saturated carbocycles. The van der Waals surface area contributed by atoms with Crippen LogP contribution in [-0.2, 0) is 4.79 Å². The van der Waals surface area contributed by atoms with Gasteiger partial charge in [0.15, 0.2) is 0 Å². The maximum absolute atomic E-state index is 13.0. The normalized spacial score (nSPS) is 26.4. The second-order valence-electron chi connectivity index (χ2n) is 8.06. The molecule has 5 heteroatoms. The molecule has 1 aliphatic carbocycles. The minimum atomic E-state index is 0.0482. The van der Waals surface area contributed by atoms with Crippen LogP contribution in [0, 0.1) is 17.8 Å². The van der Waals surface area contributed by atoms with Gasteiger partial charge in [0.1, 0.15) is 0 Å². The molecular formula is C21H27N3O2. The number of piperidine rings is 1. The molecule has 1 aromatic heterocycles. The Labute approximate surface area is 155 Å². The van der Waals surface area contributed by atoms with E-state index < -0.39 is 0 Å². The number of rotatable bonds is 2. The van der Waals surface area contributed by atoms with Crippen LogP contribution in [-0.4, -0.2) is 52.8 Å². The van der Waals surface area contributed by atoms with Gasteiger partial charge in [-0.05, 0) is 56.6 Å². The number of aromatic nitrogens is 1. The van der Waals surface area contributed by atoms with Crippen LogP contribution in [0.2, 0.25) is 0 Å². The van der Waals surface area contributed by atoms with Crippen molar-refractivity contribution in [3.05, 3.63) is 41.7 Å². The Morgan fingerprint density at radius 1 is 1.04 bits per heavy atom. The van der Waals surface area contributed by atoms with Crippen molar-refractivity contribution in [2.75, 3.05) is 26.2 Å². The fourth-order valence-electron chi connectivity index (χ4n) is 4.73. The molecule has 1 aromatic rings. The van der Waals surface area contributed by atoms with Gasteiger partial charge in [0.2, 0.25) is 5.91 Å². The first-order valence-corrected chi connectivity index (χ1v) is 9.75. The third-order valence-corrected chi connectivity index (χ3v) is 6.30. The maximum atomic E-state index is 13.0. The van der Waals surface area contributed by atoms with E-state index >= 15 is 0 Å². The molecule has 2 aliphatic heterocycles. The quantitative estimate of drug-likeness (QED) is 0.768. The number of likely N-dealkylation sites (tertiary alicyclic amines) is 2. The van der Waals surface area contributed by atoms with Crippen LogP contribution in [0.15, 0.2) is 36.2 Å². The number of carbonyl (C=O) groups is 2. The van der Waals surface area contributed by atoms with Gasteiger partial charge < -0.3 is 9.80 Å². The van der Waals surface area contributed by atoms with Gasteiger partial charge in [-0.15, -0.1) is 0 Å². The number of pyridine rings is 1. The molecule has 26 heavy (non-hydrogen) atoms. The van der Waals surface area contributed by atoms with Crippen molar-refractivity contribution >= 4 is 11.8 Å². The first kappa shape index (κ1) is 17.3. The van der Waals surface area contributed by atoms with Crippen LogP contribution in [0.4, 0.5) is 0 Å². The summed E-state index contributed by atoms with van der Waals surface area (Å²) in [6, 6.07) is 3.50. The standard InChI is InChI=1S/C21H27N3O2/c1-15-2-3-18-13-24(14-19(18)12-15)21(26)17-6-10-23(11-7-17)20(25)16-4-8-22-9-5-16/h2,4-5,8-9,17-19H,3,6-7,10-14H2,1H3/t18-,19+/m1/s1. The van der Waals surface area contributed by atoms with E-state index in [2.05, 4.69) is 22.9 Å². The van der Waals surface area contributed by atoms with Crippen LogP contribution in [0.1, 0.15) is 43.0 Å². The summed E-state index contributed by atoms with van der Waals surface area (Å²) in [5, 5.41) is 0. The zero-order chi connectivity index (χ0) is 18.1. The zero-order valence-electron chi connectivity index (χ0n) is 15.4. The summed E-state index contributed by atoms with van der Waals surface area (Å²) >= 11 is 0. The van der Waals surface area contributed by atoms with E-state index in [9.17, 15) is 9.59 Å². The highest BCUT2D eigenvalue weighted by Gasteiger charge is 2.39. The van der Waals surface area contributed by atoms with Crippen molar-refractivity contribution in [1.82, 2.24) is 14.8 Å². The summed E-state index contributed by atoms with van der Waals surface area (Å²) in [6.07, 6.45) is 9.46. The summed E-state index contributed by atoms with van der Waals surface area (Å²) < 4.78 is 0. The predicted molar refractivity (Wildman–Crippen MR) is 99.4 cm³/mol. The third kappa shape index (κ3) is 3.39. The fraction of sp³-hybridized carbons (Fsp3) is 0.571.